The van der Waals surface area contributed by atoms with Gasteiger partial charge in [0.1, 0.15) is 0 Å². The van der Waals surface area contributed by atoms with Gasteiger partial charge >= 0.3 is 19.5 Å². The van der Waals surface area contributed by atoms with Gasteiger partial charge in [-0.25, -0.2) is 0 Å². The molecule has 0 spiro atoms. The Morgan fingerprint density at radius 2 is 2.18 bits per heavy atom. The number of hydrazone groups is 1. The number of carbonyl (C=O) groups is 1. The number of thiocarbonyl (C=S) groups is 1. The Labute approximate surface area is 151 Å². The van der Waals surface area contributed by atoms with Gasteiger partial charge in [-0.3, -0.25) is 10.4 Å². The summed E-state index contributed by atoms with van der Waals surface area (Å²) in [4.78, 5) is 12.8. The maximum absolute atomic E-state index is 11.8. The molecule has 0 fully saturated rings. The van der Waals surface area contributed by atoms with E-state index in [-0.39, 0.29) is 31.8 Å². The van der Waals surface area contributed by atoms with E-state index >= 15 is 0 Å². The molecule has 7 nitrogen and oxygen atoms in total. The van der Waals surface area contributed by atoms with Crippen LogP contribution >= 0.6 is 24.0 Å². The van der Waals surface area contributed by atoms with Crippen molar-refractivity contribution < 1.29 is 39.6 Å². The second-order valence-corrected chi connectivity index (χ2v) is 5.11. The van der Waals surface area contributed by atoms with Gasteiger partial charge in [0, 0.05) is 23.4 Å². The van der Waals surface area contributed by atoms with E-state index in [1.807, 2.05) is 6.26 Å². The van der Waals surface area contributed by atoms with Crippen molar-refractivity contribution in [2.45, 2.75) is 20.5 Å². The van der Waals surface area contributed by atoms with Gasteiger partial charge in [-0.05, 0) is 25.7 Å². The summed E-state index contributed by atoms with van der Waals surface area (Å²) >= 11 is 6.23. The molecule has 1 aromatic heterocycles. The van der Waals surface area contributed by atoms with Crippen molar-refractivity contribution in [3.05, 3.63) is 23.0 Å². The van der Waals surface area contributed by atoms with E-state index in [0.29, 0.717) is 21.1 Å². The fourth-order valence-electron chi connectivity index (χ4n) is 1.11. The van der Waals surface area contributed by atoms with Crippen LogP contribution < -0.4 is 15.6 Å². The first-order chi connectivity index (χ1) is 9.83. The molecule has 2 N–H and O–H groups in total. The number of carboxylic acids is 1. The molecule has 0 radical (unpaired) electrons. The van der Waals surface area contributed by atoms with Crippen molar-refractivity contribution in [1.82, 2.24) is 10.4 Å². The van der Waals surface area contributed by atoms with E-state index in [1.165, 1.54) is 24.2 Å². The maximum Gasteiger partial charge on any atom is 2.00 e. The van der Waals surface area contributed by atoms with Crippen LogP contribution in [0.15, 0.2) is 11.3 Å². The number of aliphatic hydroxyl groups excluding tert-OH is 1. The number of nitrogens with zero attached hydrogens (tertiary/aromatic N) is 2. The summed E-state index contributed by atoms with van der Waals surface area (Å²) in [6, 6.07) is 0. The van der Waals surface area contributed by atoms with Gasteiger partial charge in [0.2, 0.25) is 0 Å². The zero-order valence-electron chi connectivity index (χ0n) is 12.5. The van der Waals surface area contributed by atoms with E-state index in [4.69, 9.17) is 27.2 Å². The van der Waals surface area contributed by atoms with Crippen LogP contribution in [0.5, 0.6) is 5.75 Å². The number of thioether (sulfide) groups is 1. The predicted octanol–water partition coefficient (Wildman–Crippen LogP) is -0.719. The minimum Gasteiger partial charge on any atom is -0.871 e. The summed E-state index contributed by atoms with van der Waals surface area (Å²) in [7, 11) is 0. The van der Waals surface area contributed by atoms with Crippen molar-refractivity contribution in [3.63, 3.8) is 0 Å². The van der Waals surface area contributed by atoms with Gasteiger partial charge in [0.25, 0.3) is 0 Å². The number of aryl methyl sites for hydroxylation is 1. The number of carbonyl (C=O) groups excluding carboxylic acids is 1. The van der Waals surface area contributed by atoms with Crippen molar-refractivity contribution in [1.29, 1.82) is 0 Å². The third-order valence-electron chi connectivity index (χ3n) is 2.04. The summed E-state index contributed by atoms with van der Waals surface area (Å²) < 4.78 is 0.505. The number of pyridine rings is 1. The zero-order chi connectivity index (χ0) is 16.4. The normalized spacial score (nSPS) is 9.45. The fraction of sp³-hybridized carbons (Fsp3) is 0.333. The Morgan fingerprint density at radius 3 is 2.64 bits per heavy atom. The van der Waals surface area contributed by atoms with Gasteiger partial charge in [0.15, 0.2) is 4.32 Å². The second kappa shape index (κ2) is 12.5. The first-order valence-electron chi connectivity index (χ1n) is 5.64. The molecule has 0 bridgehead atoms. The average Bonchev–Trinajstić information content (AvgIpc) is 2.42. The fourth-order valence-corrected chi connectivity index (χ4v) is 1.30. The van der Waals surface area contributed by atoms with Gasteiger partial charge in [0.05, 0.1) is 12.8 Å². The number of aliphatic carboxylic acids is 1. The first kappa shape index (κ1) is 23.2. The molecule has 0 aliphatic heterocycles. The zero-order valence-corrected chi connectivity index (χ0v) is 17.1. The third kappa shape index (κ3) is 9.04. The Bertz CT molecular complexity index is 537. The predicted molar refractivity (Wildman–Crippen MR) is 81.9 cm³/mol. The molecular weight excluding hydrogens is 380 g/mol. The quantitative estimate of drug-likeness (QED) is 0.298. The van der Waals surface area contributed by atoms with Crippen LogP contribution in [0, 0.1) is 6.92 Å². The van der Waals surface area contributed by atoms with Crippen molar-refractivity contribution in [2.75, 3.05) is 6.26 Å². The van der Waals surface area contributed by atoms with Crippen LogP contribution in [0.4, 0.5) is 0 Å². The molecule has 10 heteroatoms. The second-order valence-electron chi connectivity index (χ2n) is 3.62. The minimum atomic E-state index is -1.08. The van der Waals surface area contributed by atoms with E-state index in [2.05, 4.69) is 15.5 Å². The van der Waals surface area contributed by atoms with E-state index in [0.717, 1.165) is 6.92 Å². The molecular formula is C12H15N3O4S2Zn. The molecule has 0 amide bonds. The number of rotatable bonds is 3. The van der Waals surface area contributed by atoms with Crippen LogP contribution in [-0.2, 0) is 30.9 Å². The Balaban J connectivity index is 0. The standard InChI is InChI=1S/C10H13N3O2S2.C2H4O2.Zn/c1-6-9(15)8(7(5-14)3-11-6)4-12-13-10(16)17-2;1-2(3)4;/h3-4,14-15H,5H2,1-2H3,(H,13,16);1H3,(H,3,4);/q;;+2/p-2/b12-4+;;. The summed E-state index contributed by atoms with van der Waals surface area (Å²) in [6.45, 7) is 2.33. The Hall–Kier alpha value is -1.09. The van der Waals surface area contributed by atoms with Crippen LogP contribution in [0.3, 0.4) is 0 Å². The number of hydrogen-bond acceptors (Lipinski definition) is 8. The maximum atomic E-state index is 11.8. The first-order valence-corrected chi connectivity index (χ1v) is 7.27. The summed E-state index contributed by atoms with van der Waals surface area (Å²) in [5, 5.41) is 33.6. The van der Waals surface area contributed by atoms with Gasteiger partial charge < -0.3 is 20.1 Å². The smallest absolute Gasteiger partial charge is 0.871 e. The van der Waals surface area contributed by atoms with Crippen LogP contribution in [0.1, 0.15) is 23.7 Å². The molecule has 0 atom stereocenters. The largest absolute Gasteiger partial charge is 2.00 e. The number of hydrogen-bond donors (Lipinski definition) is 2. The Morgan fingerprint density at radius 1 is 1.64 bits per heavy atom. The number of carboxylic acid groups (broad SMARTS) is 1. The minimum absolute atomic E-state index is 0. The van der Waals surface area contributed by atoms with Crippen LogP contribution in [-0.4, -0.2) is 32.9 Å². The van der Waals surface area contributed by atoms with Crippen LogP contribution in [0.2, 0.25) is 0 Å². The molecule has 0 unspecified atom stereocenters. The van der Waals surface area contributed by atoms with Gasteiger partial charge in [-0.2, -0.15) is 5.10 Å². The molecule has 1 rings (SSSR count). The average molecular weight is 395 g/mol. The molecule has 0 saturated heterocycles. The molecule has 0 saturated carbocycles. The molecule has 0 aliphatic carbocycles. The molecule has 0 aliphatic rings. The van der Waals surface area contributed by atoms with E-state index in [1.54, 1.807) is 6.92 Å². The monoisotopic (exact) mass is 393 g/mol. The van der Waals surface area contributed by atoms with Crippen molar-refractivity contribution in [3.8, 4) is 5.75 Å². The van der Waals surface area contributed by atoms with E-state index < -0.39 is 5.97 Å². The number of aliphatic hydroxyl groups is 1. The van der Waals surface area contributed by atoms with Crippen molar-refractivity contribution in [2.24, 2.45) is 5.10 Å². The topological polar surface area (TPSA) is 121 Å². The molecule has 0 aromatic carbocycles. The van der Waals surface area contributed by atoms with Crippen LogP contribution in [0.25, 0.3) is 0 Å². The van der Waals surface area contributed by atoms with Crippen molar-refractivity contribution >= 4 is 40.5 Å². The molecule has 22 heavy (non-hydrogen) atoms. The number of nitrogens with one attached hydrogen (secondary N) is 1. The molecule has 1 aromatic rings. The Kier molecular flexibility index (Phi) is 13.1. The SMILES string of the molecule is CC(=O)[O-].CSC(=S)N/N=C/c1c(CO)cnc(C)c1[O-].[Zn+2]. The third-order valence-corrected chi connectivity index (χ3v) is 3.09. The summed E-state index contributed by atoms with van der Waals surface area (Å²) in [6.07, 6.45) is 4.63. The number of aromatic nitrogens is 1. The van der Waals surface area contributed by atoms with Gasteiger partial charge in [-0.15, -0.1) is 0 Å². The molecule has 1 heterocycles. The summed E-state index contributed by atoms with van der Waals surface area (Å²) in [5.74, 6) is -1.32. The molecule has 116 valence electrons. The summed E-state index contributed by atoms with van der Waals surface area (Å²) in [5.41, 5.74) is 3.75. The van der Waals surface area contributed by atoms with Gasteiger partial charge in [-0.1, -0.05) is 29.7 Å². The van der Waals surface area contributed by atoms with E-state index in [9.17, 15) is 5.11 Å².